The minimum atomic E-state index is -0.518. The maximum Gasteiger partial charge on any atom is 0.111 e. The van der Waals surface area contributed by atoms with Gasteiger partial charge in [-0.1, -0.05) is 12.2 Å². The second kappa shape index (κ2) is 4.07. The Kier molecular flexibility index (Phi) is 3.69. The number of hydrogen-bond donors (Lipinski definition) is 2. The maximum atomic E-state index is 8.18. The Morgan fingerprint density at radius 2 is 2.00 bits per heavy atom. The summed E-state index contributed by atoms with van der Waals surface area (Å²) in [5.74, 6) is 0. The zero-order valence-electron chi connectivity index (χ0n) is 5.41. The second-order valence-corrected chi connectivity index (χ2v) is 1.90. The molecule has 3 nitrogen and oxygen atoms in total. The van der Waals surface area contributed by atoms with Gasteiger partial charge in [0.25, 0.3) is 0 Å². The van der Waals surface area contributed by atoms with Crippen LogP contribution in [0, 0.1) is 11.3 Å². The van der Waals surface area contributed by atoms with Gasteiger partial charge in [0.2, 0.25) is 0 Å². The van der Waals surface area contributed by atoms with E-state index in [2.05, 4.69) is 0 Å². The van der Waals surface area contributed by atoms with Gasteiger partial charge in [0.15, 0.2) is 0 Å². The molecule has 9 heavy (non-hydrogen) atoms. The van der Waals surface area contributed by atoms with Crippen LogP contribution < -0.4 is 11.5 Å². The largest absolute Gasteiger partial charge is 0.325 e. The van der Waals surface area contributed by atoms with Crippen molar-refractivity contribution in [3.63, 3.8) is 0 Å². The van der Waals surface area contributed by atoms with Gasteiger partial charge in [-0.3, -0.25) is 0 Å². The lowest BCUT2D eigenvalue weighted by Crippen LogP contribution is -2.16. The third-order valence-electron chi connectivity index (χ3n) is 0.771. The standard InChI is InChI=1S/C6H11N3/c1-5(8)2-3-6(9)4-7/h2-3,5-6H,8-9H2,1H3/b3-2-. The molecule has 3 heteroatoms. The van der Waals surface area contributed by atoms with Crippen LogP contribution in [0.25, 0.3) is 0 Å². The predicted molar refractivity (Wildman–Crippen MR) is 36.4 cm³/mol. The Balaban J connectivity index is 3.60. The van der Waals surface area contributed by atoms with E-state index < -0.39 is 6.04 Å². The van der Waals surface area contributed by atoms with Crippen molar-refractivity contribution in [3.8, 4) is 6.07 Å². The van der Waals surface area contributed by atoms with E-state index in [-0.39, 0.29) is 6.04 Å². The van der Waals surface area contributed by atoms with Crippen LogP contribution in [-0.4, -0.2) is 12.1 Å². The summed E-state index contributed by atoms with van der Waals surface area (Å²) in [6.45, 7) is 1.82. The number of rotatable bonds is 2. The van der Waals surface area contributed by atoms with Crippen molar-refractivity contribution < 1.29 is 0 Å². The number of hydrogen-bond acceptors (Lipinski definition) is 3. The molecule has 0 aromatic heterocycles. The van der Waals surface area contributed by atoms with Crippen molar-refractivity contribution in [2.45, 2.75) is 19.0 Å². The summed E-state index contributed by atoms with van der Waals surface area (Å²) in [6.07, 6.45) is 3.29. The number of nitriles is 1. The van der Waals surface area contributed by atoms with E-state index >= 15 is 0 Å². The van der Waals surface area contributed by atoms with Crippen LogP contribution in [-0.2, 0) is 0 Å². The van der Waals surface area contributed by atoms with Gasteiger partial charge < -0.3 is 11.5 Å². The van der Waals surface area contributed by atoms with Crippen molar-refractivity contribution in [1.82, 2.24) is 0 Å². The van der Waals surface area contributed by atoms with Crippen LogP contribution >= 0.6 is 0 Å². The molecule has 0 bridgehead atoms. The third-order valence-corrected chi connectivity index (χ3v) is 0.771. The van der Waals surface area contributed by atoms with E-state index in [0.717, 1.165) is 0 Å². The molecule has 0 radical (unpaired) electrons. The molecule has 0 aromatic rings. The molecular formula is C6H11N3. The van der Waals surface area contributed by atoms with E-state index in [1.165, 1.54) is 0 Å². The molecule has 0 amide bonds. The summed E-state index contributed by atoms with van der Waals surface area (Å²) < 4.78 is 0. The molecule has 0 aliphatic rings. The van der Waals surface area contributed by atoms with Gasteiger partial charge >= 0.3 is 0 Å². The Morgan fingerprint density at radius 3 is 2.33 bits per heavy atom. The highest BCUT2D eigenvalue weighted by Gasteiger charge is 1.90. The molecule has 0 saturated carbocycles. The van der Waals surface area contributed by atoms with Gasteiger partial charge in [0.1, 0.15) is 6.04 Å². The molecule has 0 saturated heterocycles. The summed E-state index contributed by atoms with van der Waals surface area (Å²) in [5, 5.41) is 8.18. The molecule has 0 heterocycles. The van der Waals surface area contributed by atoms with Crippen LogP contribution in [0.5, 0.6) is 0 Å². The quantitative estimate of drug-likeness (QED) is 0.499. The van der Waals surface area contributed by atoms with E-state index in [4.69, 9.17) is 16.7 Å². The smallest absolute Gasteiger partial charge is 0.111 e. The average molecular weight is 125 g/mol. The number of nitrogens with zero attached hydrogens (tertiary/aromatic N) is 1. The summed E-state index contributed by atoms with van der Waals surface area (Å²) in [7, 11) is 0. The first-order valence-electron chi connectivity index (χ1n) is 2.76. The first-order chi connectivity index (χ1) is 4.16. The summed E-state index contributed by atoms with van der Waals surface area (Å²) >= 11 is 0. The van der Waals surface area contributed by atoms with Gasteiger partial charge in [0.05, 0.1) is 6.07 Å². The van der Waals surface area contributed by atoms with Gasteiger partial charge in [-0.25, -0.2) is 0 Å². The topological polar surface area (TPSA) is 75.8 Å². The summed E-state index contributed by atoms with van der Waals surface area (Å²) in [6, 6.07) is 1.31. The lowest BCUT2D eigenvalue weighted by molar-refractivity contribution is 0.908. The molecule has 0 aliphatic carbocycles. The van der Waals surface area contributed by atoms with Crippen LogP contribution in [0.2, 0.25) is 0 Å². The zero-order valence-corrected chi connectivity index (χ0v) is 5.41. The van der Waals surface area contributed by atoms with Crippen LogP contribution in [0.1, 0.15) is 6.92 Å². The van der Waals surface area contributed by atoms with Crippen molar-refractivity contribution in [3.05, 3.63) is 12.2 Å². The van der Waals surface area contributed by atoms with Gasteiger partial charge in [-0.2, -0.15) is 5.26 Å². The van der Waals surface area contributed by atoms with Crippen molar-refractivity contribution in [1.29, 1.82) is 5.26 Å². The highest BCUT2D eigenvalue weighted by molar-refractivity contribution is 5.05. The molecule has 50 valence electrons. The first-order valence-corrected chi connectivity index (χ1v) is 2.76. The Labute approximate surface area is 54.9 Å². The van der Waals surface area contributed by atoms with Crippen LogP contribution in [0.4, 0.5) is 0 Å². The molecular weight excluding hydrogens is 114 g/mol. The fourth-order valence-electron chi connectivity index (χ4n) is 0.338. The van der Waals surface area contributed by atoms with Crippen molar-refractivity contribution in [2.75, 3.05) is 0 Å². The summed E-state index contributed by atoms with van der Waals surface area (Å²) in [5.41, 5.74) is 10.6. The lowest BCUT2D eigenvalue weighted by atomic mass is 10.2. The van der Waals surface area contributed by atoms with Crippen LogP contribution in [0.3, 0.4) is 0 Å². The fourth-order valence-corrected chi connectivity index (χ4v) is 0.338. The summed E-state index contributed by atoms with van der Waals surface area (Å²) in [4.78, 5) is 0. The first kappa shape index (κ1) is 8.15. The molecule has 4 N–H and O–H groups in total. The molecule has 2 atom stereocenters. The zero-order chi connectivity index (χ0) is 7.28. The molecule has 0 spiro atoms. The van der Waals surface area contributed by atoms with Gasteiger partial charge in [0, 0.05) is 6.04 Å². The third kappa shape index (κ3) is 5.01. The molecule has 2 unspecified atom stereocenters. The predicted octanol–water partition coefficient (Wildman–Crippen LogP) is -0.259. The van der Waals surface area contributed by atoms with Crippen molar-refractivity contribution >= 4 is 0 Å². The van der Waals surface area contributed by atoms with E-state index in [1.807, 2.05) is 13.0 Å². The molecule has 0 aromatic carbocycles. The lowest BCUT2D eigenvalue weighted by Gasteiger charge is -1.94. The highest BCUT2D eigenvalue weighted by atomic mass is 14.6. The van der Waals surface area contributed by atoms with Crippen molar-refractivity contribution in [2.24, 2.45) is 11.5 Å². The van der Waals surface area contributed by atoms with E-state index in [1.54, 1.807) is 12.2 Å². The average Bonchev–Trinajstić information content (AvgIpc) is 1.83. The fraction of sp³-hybridized carbons (Fsp3) is 0.500. The minimum absolute atomic E-state index is 0.0237. The second-order valence-electron chi connectivity index (χ2n) is 1.90. The Hall–Kier alpha value is -0.850. The highest BCUT2D eigenvalue weighted by Crippen LogP contribution is 1.82. The molecule has 0 fully saturated rings. The normalized spacial score (nSPS) is 17.1. The molecule has 0 aliphatic heterocycles. The van der Waals surface area contributed by atoms with Gasteiger partial charge in [-0.05, 0) is 6.92 Å². The molecule has 0 rings (SSSR count). The Bertz CT molecular complexity index is 132. The maximum absolute atomic E-state index is 8.18. The van der Waals surface area contributed by atoms with E-state index in [9.17, 15) is 0 Å². The number of nitrogens with two attached hydrogens (primary N) is 2. The van der Waals surface area contributed by atoms with E-state index in [0.29, 0.717) is 0 Å². The SMILES string of the molecule is CC(N)/C=C\C(N)C#N. The van der Waals surface area contributed by atoms with Crippen LogP contribution in [0.15, 0.2) is 12.2 Å². The monoisotopic (exact) mass is 125 g/mol. The minimum Gasteiger partial charge on any atom is -0.325 e. The Morgan fingerprint density at radius 1 is 1.44 bits per heavy atom. The van der Waals surface area contributed by atoms with Gasteiger partial charge in [-0.15, -0.1) is 0 Å².